The van der Waals surface area contributed by atoms with Gasteiger partial charge in [-0.1, -0.05) is 12.1 Å². The Morgan fingerprint density at radius 2 is 1.95 bits per heavy atom. The van der Waals surface area contributed by atoms with Gasteiger partial charge in [-0.2, -0.15) is 5.10 Å². The minimum absolute atomic E-state index is 0.000542. The van der Waals surface area contributed by atoms with Gasteiger partial charge in [-0.15, -0.1) is 0 Å². The molecule has 1 N–H and O–H groups in total. The molecule has 1 fully saturated rings. The third-order valence-electron chi connectivity index (χ3n) is 4.52. The molecule has 1 heterocycles. The third-order valence-corrected chi connectivity index (χ3v) is 4.52. The summed E-state index contributed by atoms with van der Waals surface area (Å²) >= 11 is 0. The predicted molar refractivity (Wildman–Crippen MR) is 87.0 cm³/mol. The van der Waals surface area contributed by atoms with Crippen molar-refractivity contribution in [2.24, 2.45) is 0 Å². The van der Waals surface area contributed by atoms with Crippen molar-refractivity contribution >= 4 is 5.91 Å². The summed E-state index contributed by atoms with van der Waals surface area (Å²) in [5.41, 5.74) is 4.06. The van der Waals surface area contributed by atoms with E-state index in [1.165, 1.54) is 6.42 Å². The zero-order chi connectivity index (χ0) is 15.7. The predicted octanol–water partition coefficient (Wildman–Crippen LogP) is 3.22. The summed E-state index contributed by atoms with van der Waals surface area (Å²) in [4.78, 5) is 12.3. The maximum atomic E-state index is 12.3. The van der Waals surface area contributed by atoms with Crippen molar-refractivity contribution in [1.29, 1.82) is 0 Å². The first-order valence-corrected chi connectivity index (χ1v) is 7.88. The first kappa shape index (κ1) is 14.8. The number of hydrogen-bond acceptors (Lipinski definition) is 2. The van der Waals surface area contributed by atoms with Crippen molar-refractivity contribution in [3.63, 3.8) is 0 Å². The molecule has 3 rings (SSSR count). The summed E-state index contributed by atoms with van der Waals surface area (Å²) in [5.74, 6) is 0.0277. The van der Waals surface area contributed by atoms with Gasteiger partial charge in [0.1, 0.15) is 0 Å². The Balaban J connectivity index is 1.67. The number of amides is 1. The van der Waals surface area contributed by atoms with Crippen LogP contribution in [0.1, 0.15) is 53.5 Å². The van der Waals surface area contributed by atoms with Gasteiger partial charge in [-0.05, 0) is 63.8 Å². The van der Waals surface area contributed by atoms with Crippen molar-refractivity contribution in [3.05, 3.63) is 52.8 Å². The van der Waals surface area contributed by atoms with Crippen LogP contribution in [-0.2, 0) is 6.54 Å². The highest BCUT2D eigenvalue weighted by Crippen LogP contribution is 2.31. The molecular weight excluding hydrogens is 274 g/mol. The molecule has 0 aliphatic heterocycles. The summed E-state index contributed by atoms with van der Waals surface area (Å²) in [6.07, 6.45) is 3.36. The fourth-order valence-electron chi connectivity index (χ4n) is 2.95. The number of aromatic nitrogens is 2. The second kappa shape index (κ2) is 5.59. The lowest BCUT2D eigenvalue weighted by atomic mass is 9.78. The lowest BCUT2D eigenvalue weighted by molar-refractivity contribution is 0.0850. The average molecular weight is 297 g/mol. The van der Waals surface area contributed by atoms with Gasteiger partial charge in [0.2, 0.25) is 0 Å². The Kier molecular flexibility index (Phi) is 3.77. The topological polar surface area (TPSA) is 46.9 Å². The molecule has 22 heavy (non-hydrogen) atoms. The smallest absolute Gasteiger partial charge is 0.251 e. The molecule has 1 aliphatic carbocycles. The Hall–Kier alpha value is -2.10. The molecule has 1 aromatic carbocycles. The zero-order valence-corrected chi connectivity index (χ0v) is 13.5. The molecule has 0 unspecified atom stereocenters. The van der Waals surface area contributed by atoms with Crippen LogP contribution < -0.4 is 5.32 Å². The van der Waals surface area contributed by atoms with Crippen LogP contribution in [-0.4, -0.2) is 21.2 Å². The number of rotatable bonds is 4. The van der Waals surface area contributed by atoms with Crippen molar-refractivity contribution in [3.8, 4) is 0 Å². The van der Waals surface area contributed by atoms with Gasteiger partial charge in [0.15, 0.2) is 0 Å². The van der Waals surface area contributed by atoms with E-state index in [1.54, 1.807) is 0 Å². The molecule has 0 atom stereocenters. The van der Waals surface area contributed by atoms with Gasteiger partial charge in [-0.25, -0.2) is 0 Å². The number of nitrogens with one attached hydrogen (secondary N) is 1. The molecule has 1 saturated carbocycles. The van der Waals surface area contributed by atoms with E-state index in [9.17, 15) is 4.79 Å². The monoisotopic (exact) mass is 297 g/mol. The number of benzene rings is 1. The molecule has 116 valence electrons. The van der Waals surface area contributed by atoms with Crippen LogP contribution in [0.5, 0.6) is 0 Å². The van der Waals surface area contributed by atoms with E-state index in [4.69, 9.17) is 0 Å². The fourth-order valence-corrected chi connectivity index (χ4v) is 2.95. The van der Waals surface area contributed by atoms with Gasteiger partial charge in [-0.3, -0.25) is 9.48 Å². The Labute approximate surface area is 131 Å². The Bertz CT molecular complexity index is 681. The lowest BCUT2D eigenvalue weighted by Crippen LogP contribution is -2.50. The summed E-state index contributed by atoms with van der Waals surface area (Å²) < 4.78 is 1.99. The van der Waals surface area contributed by atoms with Gasteiger partial charge in [0.25, 0.3) is 5.91 Å². The van der Waals surface area contributed by atoms with E-state index >= 15 is 0 Å². The van der Waals surface area contributed by atoms with Crippen molar-refractivity contribution < 1.29 is 4.79 Å². The molecule has 4 nitrogen and oxygen atoms in total. The molecule has 0 radical (unpaired) electrons. The first-order chi connectivity index (χ1) is 10.5. The van der Waals surface area contributed by atoms with Crippen molar-refractivity contribution in [2.75, 3.05) is 0 Å². The summed E-state index contributed by atoms with van der Waals surface area (Å²) in [5, 5.41) is 7.60. The molecule has 2 aromatic rings. The molecule has 0 spiro atoms. The van der Waals surface area contributed by atoms with Crippen LogP contribution in [0.3, 0.4) is 0 Å². The maximum absolute atomic E-state index is 12.3. The minimum Gasteiger partial charge on any atom is -0.347 e. The number of hydrogen-bond donors (Lipinski definition) is 1. The van der Waals surface area contributed by atoms with Crippen molar-refractivity contribution in [2.45, 2.75) is 52.1 Å². The second-order valence-corrected chi connectivity index (χ2v) is 6.65. The molecule has 4 heteroatoms. The van der Waals surface area contributed by atoms with E-state index in [-0.39, 0.29) is 11.4 Å². The number of aryl methyl sites for hydroxylation is 2. The van der Waals surface area contributed by atoms with Crippen LogP contribution in [0.4, 0.5) is 0 Å². The highest BCUT2D eigenvalue weighted by Gasteiger charge is 2.33. The summed E-state index contributed by atoms with van der Waals surface area (Å²) in [7, 11) is 0. The molecule has 0 bridgehead atoms. The standard InChI is InChI=1S/C18H23N3O/c1-13-11-14(2)21(20-13)12-15-5-7-16(8-6-15)17(22)19-18(3)9-4-10-18/h5-8,11H,4,9-10,12H2,1-3H3,(H,19,22). The Morgan fingerprint density at radius 1 is 1.27 bits per heavy atom. The summed E-state index contributed by atoms with van der Waals surface area (Å²) in [6, 6.07) is 9.89. The number of carbonyl (C=O) groups excluding carboxylic acids is 1. The van der Waals surface area contributed by atoms with Crippen molar-refractivity contribution in [1.82, 2.24) is 15.1 Å². The molecular formula is C18H23N3O. The zero-order valence-electron chi connectivity index (χ0n) is 13.5. The summed E-state index contributed by atoms with van der Waals surface area (Å²) in [6.45, 7) is 6.91. The maximum Gasteiger partial charge on any atom is 0.251 e. The molecule has 1 aliphatic rings. The third kappa shape index (κ3) is 3.06. The van der Waals surface area contributed by atoms with E-state index in [2.05, 4.69) is 30.3 Å². The van der Waals surface area contributed by atoms with Gasteiger partial charge in [0.05, 0.1) is 12.2 Å². The first-order valence-electron chi connectivity index (χ1n) is 7.88. The number of nitrogens with zero attached hydrogens (tertiary/aromatic N) is 2. The van der Waals surface area contributed by atoms with E-state index < -0.39 is 0 Å². The molecule has 1 amide bonds. The van der Waals surface area contributed by atoms with Gasteiger partial charge < -0.3 is 5.32 Å². The van der Waals surface area contributed by atoms with Crippen LogP contribution in [0.2, 0.25) is 0 Å². The minimum atomic E-state index is -0.000542. The lowest BCUT2D eigenvalue weighted by Gasteiger charge is -2.39. The molecule has 0 saturated heterocycles. The fraction of sp³-hybridized carbons (Fsp3) is 0.444. The van der Waals surface area contributed by atoms with Crippen LogP contribution in [0.25, 0.3) is 0 Å². The average Bonchev–Trinajstić information content (AvgIpc) is 2.76. The van der Waals surface area contributed by atoms with E-state index in [0.717, 1.165) is 41.9 Å². The quantitative estimate of drug-likeness (QED) is 0.942. The SMILES string of the molecule is Cc1cc(C)n(Cc2ccc(C(=O)NC3(C)CCC3)cc2)n1. The van der Waals surface area contributed by atoms with E-state index in [1.807, 2.05) is 35.9 Å². The number of carbonyl (C=O) groups is 1. The van der Waals surface area contributed by atoms with E-state index in [0.29, 0.717) is 0 Å². The normalized spacial score (nSPS) is 16.1. The highest BCUT2D eigenvalue weighted by molar-refractivity contribution is 5.94. The molecule has 1 aromatic heterocycles. The largest absolute Gasteiger partial charge is 0.347 e. The Morgan fingerprint density at radius 3 is 2.45 bits per heavy atom. The second-order valence-electron chi connectivity index (χ2n) is 6.65. The van der Waals surface area contributed by atoms with Crippen LogP contribution >= 0.6 is 0 Å². The van der Waals surface area contributed by atoms with Crippen LogP contribution in [0, 0.1) is 13.8 Å². The highest BCUT2D eigenvalue weighted by atomic mass is 16.1. The van der Waals surface area contributed by atoms with Gasteiger partial charge >= 0.3 is 0 Å². The van der Waals surface area contributed by atoms with Gasteiger partial charge in [0, 0.05) is 16.8 Å². The van der Waals surface area contributed by atoms with Crippen LogP contribution in [0.15, 0.2) is 30.3 Å².